The van der Waals surface area contributed by atoms with E-state index in [0.29, 0.717) is 12.5 Å². The van der Waals surface area contributed by atoms with Crippen LogP contribution >= 0.6 is 12.4 Å². The normalized spacial score (nSPS) is 10.2. The van der Waals surface area contributed by atoms with Gasteiger partial charge in [0.2, 0.25) is 0 Å². The van der Waals surface area contributed by atoms with Gasteiger partial charge >= 0.3 is 0 Å². The molecule has 0 heterocycles. The van der Waals surface area contributed by atoms with Gasteiger partial charge in [0, 0.05) is 6.54 Å². The number of hydrogen-bond acceptors (Lipinski definition) is 2. The Balaban J connectivity index is 0.00000200. The van der Waals surface area contributed by atoms with E-state index < -0.39 is 0 Å². The molecule has 0 saturated heterocycles. The first kappa shape index (κ1) is 16.5. The summed E-state index contributed by atoms with van der Waals surface area (Å²) in [5.74, 6) is 1.45. The first-order chi connectivity index (χ1) is 9.19. The fraction of sp³-hybridized carbons (Fsp3) is 0.294. The number of benzene rings is 2. The topological polar surface area (TPSA) is 35.2 Å². The number of hydrogen-bond donors (Lipinski definition) is 1. The number of ether oxygens (including phenoxy) is 1. The summed E-state index contributed by atoms with van der Waals surface area (Å²) in [5, 5.41) is 0. The largest absolute Gasteiger partial charge is 0.493 e. The Bertz CT molecular complexity index is 540. The maximum atomic E-state index is 5.76. The lowest BCUT2D eigenvalue weighted by Crippen LogP contribution is -2.04. The van der Waals surface area contributed by atoms with Gasteiger partial charge in [0.25, 0.3) is 0 Å². The van der Waals surface area contributed by atoms with Crippen LogP contribution in [0.1, 0.15) is 19.4 Å². The van der Waals surface area contributed by atoms with Gasteiger partial charge in [-0.3, -0.25) is 0 Å². The van der Waals surface area contributed by atoms with Gasteiger partial charge in [-0.1, -0.05) is 44.2 Å². The van der Waals surface area contributed by atoms with E-state index in [1.165, 1.54) is 5.56 Å². The number of nitrogens with two attached hydrogens (primary N) is 1. The Morgan fingerprint density at radius 1 is 1.00 bits per heavy atom. The Kier molecular flexibility index (Phi) is 6.56. The highest BCUT2D eigenvalue weighted by Crippen LogP contribution is 2.24. The standard InChI is InChI=1S/C17H21NO.ClH/c1-13(2)12-19-17-8-4-7-16(10-17)15-6-3-5-14(9-15)11-18;/h3-10,13H,11-12,18H2,1-2H3;1H. The molecule has 0 aliphatic heterocycles. The minimum absolute atomic E-state index is 0. The monoisotopic (exact) mass is 291 g/mol. The molecular formula is C17H22ClNO. The smallest absolute Gasteiger partial charge is 0.119 e. The van der Waals surface area contributed by atoms with E-state index in [9.17, 15) is 0 Å². The summed E-state index contributed by atoms with van der Waals surface area (Å²) in [6.45, 7) is 5.60. The summed E-state index contributed by atoms with van der Waals surface area (Å²) in [6, 6.07) is 16.5. The van der Waals surface area contributed by atoms with E-state index in [1.807, 2.05) is 24.3 Å². The summed E-state index contributed by atoms with van der Waals surface area (Å²) in [6.07, 6.45) is 0. The molecule has 0 bridgehead atoms. The molecule has 2 aromatic carbocycles. The molecule has 0 aromatic heterocycles. The van der Waals surface area contributed by atoms with Crippen LogP contribution in [0.15, 0.2) is 48.5 Å². The van der Waals surface area contributed by atoms with E-state index >= 15 is 0 Å². The van der Waals surface area contributed by atoms with Crippen LogP contribution in [0, 0.1) is 5.92 Å². The second kappa shape index (κ2) is 7.93. The SMILES string of the molecule is CC(C)COc1cccc(-c2cccc(CN)c2)c1.Cl. The van der Waals surface area contributed by atoms with Crippen molar-refractivity contribution in [1.82, 2.24) is 0 Å². The first-order valence-electron chi connectivity index (χ1n) is 6.71. The molecule has 2 nitrogen and oxygen atoms in total. The van der Waals surface area contributed by atoms with Crippen LogP contribution in [0.5, 0.6) is 5.75 Å². The van der Waals surface area contributed by atoms with Gasteiger partial charge in [-0.05, 0) is 40.8 Å². The maximum absolute atomic E-state index is 5.76. The molecule has 0 aliphatic carbocycles. The summed E-state index contributed by atoms with van der Waals surface area (Å²) in [5.41, 5.74) is 9.17. The molecule has 20 heavy (non-hydrogen) atoms. The maximum Gasteiger partial charge on any atom is 0.119 e. The Hall–Kier alpha value is -1.51. The van der Waals surface area contributed by atoms with E-state index in [-0.39, 0.29) is 12.4 Å². The van der Waals surface area contributed by atoms with Crippen molar-refractivity contribution in [2.24, 2.45) is 11.7 Å². The van der Waals surface area contributed by atoms with E-state index in [1.54, 1.807) is 0 Å². The fourth-order valence-electron chi connectivity index (χ4n) is 1.91. The van der Waals surface area contributed by atoms with Crippen molar-refractivity contribution in [2.75, 3.05) is 6.61 Å². The first-order valence-corrected chi connectivity index (χ1v) is 6.71. The number of halogens is 1. The van der Waals surface area contributed by atoms with Gasteiger partial charge in [0.05, 0.1) is 6.61 Å². The van der Waals surface area contributed by atoms with Gasteiger partial charge in [-0.25, -0.2) is 0 Å². The summed E-state index contributed by atoms with van der Waals surface area (Å²) in [7, 11) is 0. The van der Waals surface area contributed by atoms with Crippen LogP contribution in [0.2, 0.25) is 0 Å². The fourth-order valence-corrected chi connectivity index (χ4v) is 1.91. The zero-order valence-corrected chi connectivity index (χ0v) is 12.8. The Morgan fingerprint density at radius 3 is 2.30 bits per heavy atom. The summed E-state index contributed by atoms with van der Waals surface area (Å²) < 4.78 is 5.76. The van der Waals surface area contributed by atoms with Gasteiger partial charge in [0.1, 0.15) is 5.75 Å². The average Bonchev–Trinajstić information content (AvgIpc) is 2.45. The molecule has 2 rings (SSSR count). The molecule has 0 amide bonds. The molecule has 0 atom stereocenters. The molecule has 0 unspecified atom stereocenters. The van der Waals surface area contributed by atoms with Crippen molar-refractivity contribution < 1.29 is 4.74 Å². The van der Waals surface area contributed by atoms with E-state index in [2.05, 4.69) is 38.1 Å². The van der Waals surface area contributed by atoms with Crippen LogP contribution in [0.3, 0.4) is 0 Å². The quantitative estimate of drug-likeness (QED) is 0.893. The van der Waals surface area contributed by atoms with Crippen molar-refractivity contribution in [3.8, 4) is 16.9 Å². The lowest BCUT2D eigenvalue weighted by Gasteiger charge is -2.10. The molecule has 0 saturated carbocycles. The molecule has 0 spiro atoms. The Morgan fingerprint density at radius 2 is 1.65 bits per heavy atom. The van der Waals surface area contributed by atoms with Crippen LogP contribution < -0.4 is 10.5 Å². The van der Waals surface area contributed by atoms with Crippen molar-refractivity contribution in [2.45, 2.75) is 20.4 Å². The average molecular weight is 292 g/mol. The highest BCUT2D eigenvalue weighted by molar-refractivity contribution is 5.85. The van der Waals surface area contributed by atoms with Crippen molar-refractivity contribution in [3.05, 3.63) is 54.1 Å². The third-order valence-corrected chi connectivity index (χ3v) is 2.91. The predicted octanol–water partition coefficient (Wildman–Crippen LogP) is 4.27. The van der Waals surface area contributed by atoms with E-state index in [4.69, 9.17) is 10.5 Å². The zero-order valence-electron chi connectivity index (χ0n) is 12.0. The molecule has 0 fully saturated rings. The highest BCUT2D eigenvalue weighted by Gasteiger charge is 2.02. The number of rotatable bonds is 5. The van der Waals surface area contributed by atoms with Crippen molar-refractivity contribution >= 4 is 12.4 Å². The van der Waals surface area contributed by atoms with Gasteiger partial charge in [-0.2, -0.15) is 0 Å². The molecule has 108 valence electrons. The molecule has 2 N–H and O–H groups in total. The zero-order chi connectivity index (χ0) is 13.7. The third kappa shape index (κ3) is 4.55. The predicted molar refractivity (Wildman–Crippen MR) is 87.4 cm³/mol. The van der Waals surface area contributed by atoms with Gasteiger partial charge in [-0.15, -0.1) is 12.4 Å². The highest BCUT2D eigenvalue weighted by atomic mass is 35.5. The minimum Gasteiger partial charge on any atom is -0.493 e. The second-order valence-corrected chi connectivity index (χ2v) is 5.14. The van der Waals surface area contributed by atoms with Gasteiger partial charge in [0.15, 0.2) is 0 Å². The van der Waals surface area contributed by atoms with Crippen molar-refractivity contribution in [3.63, 3.8) is 0 Å². The molecular weight excluding hydrogens is 270 g/mol. The van der Waals surface area contributed by atoms with Crippen molar-refractivity contribution in [1.29, 1.82) is 0 Å². The second-order valence-electron chi connectivity index (χ2n) is 5.14. The molecule has 3 heteroatoms. The van der Waals surface area contributed by atoms with Crippen LogP contribution in [0.25, 0.3) is 11.1 Å². The molecule has 0 radical (unpaired) electrons. The lowest BCUT2D eigenvalue weighted by atomic mass is 10.0. The van der Waals surface area contributed by atoms with Crippen LogP contribution in [-0.4, -0.2) is 6.61 Å². The van der Waals surface area contributed by atoms with Crippen LogP contribution in [-0.2, 0) is 6.54 Å². The van der Waals surface area contributed by atoms with E-state index in [0.717, 1.165) is 23.5 Å². The summed E-state index contributed by atoms with van der Waals surface area (Å²) >= 11 is 0. The third-order valence-electron chi connectivity index (χ3n) is 2.91. The molecule has 0 aliphatic rings. The van der Waals surface area contributed by atoms with Crippen LogP contribution in [0.4, 0.5) is 0 Å². The Labute approximate surface area is 127 Å². The lowest BCUT2D eigenvalue weighted by molar-refractivity contribution is 0.271. The summed E-state index contributed by atoms with van der Waals surface area (Å²) in [4.78, 5) is 0. The molecule has 2 aromatic rings. The minimum atomic E-state index is 0. The van der Waals surface area contributed by atoms with Gasteiger partial charge < -0.3 is 10.5 Å².